The normalized spacial score (nSPS) is 32.6. The van der Waals surface area contributed by atoms with Crippen molar-refractivity contribution in [2.24, 2.45) is 0 Å². The van der Waals surface area contributed by atoms with Crippen LogP contribution in [0, 0.1) is 5.21 Å². The van der Waals surface area contributed by atoms with E-state index in [2.05, 4.69) is 21.6 Å². The third-order valence-corrected chi connectivity index (χ3v) is 5.38. The highest BCUT2D eigenvalue weighted by atomic mass is 32.2. The molecule has 3 atom stereocenters. The van der Waals surface area contributed by atoms with Crippen molar-refractivity contribution in [1.29, 1.82) is 0 Å². The first-order valence-corrected chi connectivity index (χ1v) is 7.66. The second kappa shape index (κ2) is 5.51. The minimum atomic E-state index is -0.351. The van der Waals surface area contributed by atoms with Crippen LogP contribution in [-0.4, -0.2) is 54.8 Å². The third-order valence-electron chi connectivity index (χ3n) is 3.90. The number of nitrogens with zero attached hydrogens (tertiary/aromatic N) is 2. The van der Waals surface area contributed by atoms with Crippen molar-refractivity contribution in [3.8, 4) is 0 Å². The summed E-state index contributed by atoms with van der Waals surface area (Å²) in [4.78, 5) is 3.22. The van der Waals surface area contributed by atoms with Gasteiger partial charge in [-0.2, -0.15) is 0 Å². The molecule has 0 bridgehead atoms. The molecule has 2 heterocycles. The minimum Gasteiger partial charge on any atom is -0.628 e. The minimum absolute atomic E-state index is 0.0460. The molecule has 110 valence electrons. The number of para-hydroxylation sites is 1. The van der Waals surface area contributed by atoms with Gasteiger partial charge < -0.3 is 19.9 Å². The van der Waals surface area contributed by atoms with E-state index in [4.69, 9.17) is 5.11 Å². The number of fused-ring (bicyclic) bond motifs is 1. The number of quaternary nitrogens is 1. The highest BCUT2D eigenvalue weighted by Gasteiger charge is 2.46. The Bertz CT molecular complexity index is 489. The Hall–Kier alpha value is -0.830. The zero-order chi connectivity index (χ0) is 14.2. The number of aliphatic hydroxyl groups is 1. The molecule has 20 heavy (non-hydrogen) atoms. The lowest BCUT2D eigenvalue weighted by atomic mass is 10.3. The smallest absolute Gasteiger partial charge is 0.219 e. The Balaban J connectivity index is 1.82. The van der Waals surface area contributed by atoms with E-state index < -0.39 is 0 Å². The fourth-order valence-corrected chi connectivity index (χ4v) is 4.26. The van der Waals surface area contributed by atoms with Gasteiger partial charge in [0, 0.05) is 18.5 Å². The zero-order valence-corrected chi connectivity index (χ0v) is 12.3. The van der Waals surface area contributed by atoms with Crippen molar-refractivity contribution in [3.05, 3.63) is 29.5 Å². The first kappa shape index (κ1) is 14.1. The summed E-state index contributed by atoms with van der Waals surface area (Å²) in [7, 11) is 1.98. The van der Waals surface area contributed by atoms with Crippen molar-refractivity contribution >= 4 is 17.4 Å². The molecule has 0 aliphatic carbocycles. The van der Waals surface area contributed by atoms with Crippen LogP contribution in [0.3, 0.4) is 0 Å². The van der Waals surface area contributed by atoms with Crippen LogP contribution in [0.2, 0.25) is 0 Å². The van der Waals surface area contributed by atoms with E-state index in [1.807, 2.05) is 25.2 Å². The number of nitrogens with one attached hydrogen (secondary N) is 2. The molecule has 2 aliphatic heterocycles. The Morgan fingerprint density at radius 1 is 1.55 bits per heavy atom. The number of hydrogen-bond acceptors (Lipinski definition) is 6. The van der Waals surface area contributed by atoms with Gasteiger partial charge in [0.1, 0.15) is 6.67 Å². The SMILES string of the molecule is CN1c2ccccc2SC1[N+]1([O-])CNCC1NCCO. The Kier molecular flexibility index (Phi) is 3.89. The lowest BCUT2D eigenvalue weighted by Gasteiger charge is -2.49. The van der Waals surface area contributed by atoms with Gasteiger partial charge in [0.15, 0.2) is 6.17 Å². The summed E-state index contributed by atoms with van der Waals surface area (Å²) in [5.74, 6) is 0. The molecule has 0 amide bonds. The Labute approximate surface area is 122 Å². The second-order valence-electron chi connectivity index (χ2n) is 5.18. The quantitative estimate of drug-likeness (QED) is 0.548. The molecule has 0 saturated carbocycles. The first-order valence-electron chi connectivity index (χ1n) is 6.79. The predicted molar refractivity (Wildman–Crippen MR) is 79.9 cm³/mol. The van der Waals surface area contributed by atoms with Crippen LogP contribution >= 0.6 is 11.8 Å². The summed E-state index contributed by atoms with van der Waals surface area (Å²) >= 11 is 1.62. The van der Waals surface area contributed by atoms with Crippen LogP contribution in [0.25, 0.3) is 0 Å². The average Bonchev–Trinajstić information content (AvgIpc) is 2.99. The van der Waals surface area contributed by atoms with Crippen molar-refractivity contribution in [3.63, 3.8) is 0 Å². The van der Waals surface area contributed by atoms with Gasteiger partial charge in [-0.3, -0.25) is 10.6 Å². The van der Waals surface area contributed by atoms with Crippen molar-refractivity contribution in [2.45, 2.75) is 16.6 Å². The van der Waals surface area contributed by atoms with Gasteiger partial charge in [-0.05, 0) is 23.9 Å². The number of thioether (sulfide) groups is 1. The van der Waals surface area contributed by atoms with Crippen molar-refractivity contribution < 1.29 is 9.75 Å². The maximum absolute atomic E-state index is 13.3. The average molecular weight is 296 g/mol. The van der Waals surface area contributed by atoms with Crippen LogP contribution in [0.1, 0.15) is 0 Å². The van der Waals surface area contributed by atoms with Gasteiger partial charge in [-0.25, -0.2) is 0 Å². The summed E-state index contributed by atoms with van der Waals surface area (Å²) in [6.45, 7) is 1.51. The lowest BCUT2D eigenvalue weighted by molar-refractivity contribution is -0.904. The molecule has 3 N–H and O–H groups in total. The number of rotatable bonds is 4. The molecule has 1 aromatic rings. The van der Waals surface area contributed by atoms with Gasteiger partial charge in [-0.1, -0.05) is 12.1 Å². The number of anilines is 1. The van der Waals surface area contributed by atoms with E-state index in [9.17, 15) is 5.21 Å². The number of hydroxylamine groups is 3. The van der Waals surface area contributed by atoms with Gasteiger partial charge in [0.25, 0.3) is 0 Å². The van der Waals surface area contributed by atoms with Crippen molar-refractivity contribution in [1.82, 2.24) is 10.6 Å². The molecule has 1 aromatic carbocycles. The fraction of sp³-hybridized carbons (Fsp3) is 0.538. The molecule has 3 rings (SSSR count). The molecule has 0 spiro atoms. The summed E-state index contributed by atoms with van der Waals surface area (Å²) in [5.41, 5.74) is 0.919. The molecular weight excluding hydrogens is 276 g/mol. The molecule has 0 aromatic heterocycles. The molecule has 7 heteroatoms. The van der Waals surface area contributed by atoms with Crippen molar-refractivity contribution in [2.75, 3.05) is 38.3 Å². The Morgan fingerprint density at radius 3 is 3.10 bits per heavy atom. The maximum atomic E-state index is 13.3. The molecular formula is C13H20N4O2S. The zero-order valence-electron chi connectivity index (χ0n) is 11.5. The van der Waals surface area contributed by atoms with Crippen LogP contribution in [0.5, 0.6) is 0 Å². The summed E-state index contributed by atoms with van der Waals surface area (Å²) in [5, 5.41) is 28.6. The fourth-order valence-electron chi connectivity index (χ4n) is 2.87. The summed E-state index contributed by atoms with van der Waals surface area (Å²) in [6.07, 6.45) is -0.226. The maximum Gasteiger partial charge on any atom is 0.219 e. The van der Waals surface area contributed by atoms with E-state index in [0.29, 0.717) is 19.8 Å². The van der Waals surface area contributed by atoms with Gasteiger partial charge in [0.2, 0.25) is 5.50 Å². The Morgan fingerprint density at radius 2 is 2.35 bits per heavy atom. The van der Waals surface area contributed by atoms with Crippen LogP contribution in [-0.2, 0) is 0 Å². The van der Waals surface area contributed by atoms with E-state index in [1.165, 1.54) is 0 Å². The predicted octanol–water partition coefficient (Wildman–Crippen LogP) is 0.295. The van der Waals surface area contributed by atoms with E-state index in [0.717, 1.165) is 10.6 Å². The highest BCUT2D eigenvalue weighted by molar-refractivity contribution is 8.00. The van der Waals surface area contributed by atoms with Gasteiger partial charge in [-0.15, -0.1) is 0 Å². The molecule has 2 aliphatic rings. The molecule has 3 unspecified atom stereocenters. The highest BCUT2D eigenvalue weighted by Crippen LogP contribution is 2.46. The second-order valence-corrected chi connectivity index (χ2v) is 6.28. The number of hydrogen-bond donors (Lipinski definition) is 3. The number of aliphatic hydroxyl groups excluding tert-OH is 1. The molecule has 1 fully saturated rings. The monoisotopic (exact) mass is 296 g/mol. The molecule has 6 nitrogen and oxygen atoms in total. The largest absolute Gasteiger partial charge is 0.628 e. The van der Waals surface area contributed by atoms with Crippen LogP contribution in [0.15, 0.2) is 29.2 Å². The van der Waals surface area contributed by atoms with E-state index in [-0.39, 0.29) is 22.9 Å². The molecule has 0 radical (unpaired) electrons. The van der Waals surface area contributed by atoms with Crippen LogP contribution in [0.4, 0.5) is 5.69 Å². The van der Waals surface area contributed by atoms with Crippen LogP contribution < -0.4 is 15.5 Å². The van der Waals surface area contributed by atoms with E-state index in [1.54, 1.807) is 11.8 Å². The topological polar surface area (TPSA) is 70.6 Å². The third kappa shape index (κ3) is 2.20. The molecule has 1 saturated heterocycles. The lowest BCUT2D eigenvalue weighted by Crippen LogP contribution is -2.62. The van der Waals surface area contributed by atoms with Gasteiger partial charge >= 0.3 is 0 Å². The van der Waals surface area contributed by atoms with Gasteiger partial charge in [0.05, 0.1) is 18.8 Å². The summed E-state index contributed by atoms with van der Waals surface area (Å²) in [6, 6.07) is 8.11. The summed E-state index contributed by atoms with van der Waals surface area (Å²) < 4.78 is -0.351. The first-order chi connectivity index (χ1) is 9.66. The standard InChI is InChI=1S/C13H20N4O2S/c1-16-10-4-2-3-5-11(10)20-13(16)17(19)9-14-8-12(17)15-6-7-18/h2-5,12-15,18H,6-9H2,1H3. The van der Waals surface area contributed by atoms with E-state index >= 15 is 0 Å². The number of benzene rings is 1.